The van der Waals surface area contributed by atoms with Crippen molar-refractivity contribution in [1.82, 2.24) is 30.0 Å². The molecule has 3 aromatic heterocycles. The molecule has 2 N–H and O–H groups in total. The maximum absolute atomic E-state index is 12.9. The Kier molecular flexibility index (Phi) is 5.62. The molecule has 0 fully saturated rings. The molecular formula is C21H22N6OS. The number of aryl methyl sites for hydroxylation is 1. The van der Waals surface area contributed by atoms with Gasteiger partial charge in [0.2, 0.25) is 0 Å². The molecule has 3 heterocycles. The molecule has 0 unspecified atom stereocenters. The van der Waals surface area contributed by atoms with E-state index in [-0.39, 0.29) is 11.9 Å². The number of thioether (sulfide) groups is 1. The van der Waals surface area contributed by atoms with Crippen molar-refractivity contribution in [2.24, 2.45) is 7.05 Å². The number of rotatable bonds is 7. The van der Waals surface area contributed by atoms with Crippen molar-refractivity contribution < 1.29 is 4.79 Å². The molecular weight excluding hydrogens is 384 g/mol. The number of nitrogens with zero attached hydrogens (tertiary/aromatic N) is 4. The number of benzene rings is 1. The minimum atomic E-state index is -0.198. The van der Waals surface area contributed by atoms with E-state index in [4.69, 9.17) is 4.98 Å². The van der Waals surface area contributed by atoms with E-state index in [1.54, 1.807) is 30.2 Å². The van der Waals surface area contributed by atoms with Crippen molar-refractivity contribution in [2.75, 3.05) is 12.0 Å². The van der Waals surface area contributed by atoms with E-state index >= 15 is 0 Å². The van der Waals surface area contributed by atoms with Crippen LogP contribution in [0.25, 0.3) is 22.3 Å². The van der Waals surface area contributed by atoms with Crippen LogP contribution in [-0.2, 0) is 7.05 Å². The zero-order chi connectivity index (χ0) is 20.2. The first kappa shape index (κ1) is 19.2. The predicted molar refractivity (Wildman–Crippen MR) is 116 cm³/mol. The Morgan fingerprint density at radius 2 is 2.03 bits per heavy atom. The maximum Gasteiger partial charge on any atom is 0.269 e. The Morgan fingerprint density at radius 1 is 1.24 bits per heavy atom. The highest BCUT2D eigenvalue weighted by atomic mass is 32.2. The van der Waals surface area contributed by atoms with Gasteiger partial charge in [-0.1, -0.05) is 12.1 Å². The topological polar surface area (TPSA) is 88.5 Å². The zero-order valence-electron chi connectivity index (χ0n) is 16.3. The van der Waals surface area contributed by atoms with E-state index in [2.05, 4.69) is 31.3 Å². The van der Waals surface area contributed by atoms with Gasteiger partial charge in [-0.15, -0.1) is 0 Å². The molecule has 0 aliphatic rings. The van der Waals surface area contributed by atoms with Crippen molar-refractivity contribution in [3.8, 4) is 11.3 Å². The molecule has 0 saturated heterocycles. The number of carbonyl (C=O) groups excluding carboxylic acids is 1. The van der Waals surface area contributed by atoms with E-state index in [1.807, 2.05) is 43.4 Å². The first-order chi connectivity index (χ1) is 14.2. The van der Waals surface area contributed by atoms with Crippen LogP contribution in [0.3, 0.4) is 0 Å². The number of pyridine rings is 1. The highest BCUT2D eigenvalue weighted by Crippen LogP contribution is 2.23. The molecule has 0 saturated carbocycles. The fraction of sp³-hybridized carbons (Fsp3) is 0.238. The molecule has 0 spiro atoms. The lowest BCUT2D eigenvalue weighted by Crippen LogP contribution is -2.31. The normalized spacial score (nSPS) is 12.2. The number of aromatic nitrogens is 5. The SMILES string of the molecule is CSCC[C@@H](NC(=O)c1cc(-c2ccncc2)n[nH]1)c1nc2ccccc2n1C. The molecule has 4 rings (SSSR count). The van der Waals surface area contributed by atoms with Gasteiger partial charge in [-0.2, -0.15) is 16.9 Å². The smallest absolute Gasteiger partial charge is 0.269 e. The van der Waals surface area contributed by atoms with Gasteiger partial charge in [0.25, 0.3) is 5.91 Å². The van der Waals surface area contributed by atoms with E-state index < -0.39 is 0 Å². The lowest BCUT2D eigenvalue weighted by atomic mass is 10.1. The Labute approximate surface area is 173 Å². The van der Waals surface area contributed by atoms with Crippen LogP contribution >= 0.6 is 11.8 Å². The number of hydrogen-bond donors (Lipinski definition) is 2. The van der Waals surface area contributed by atoms with E-state index in [0.717, 1.165) is 34.6 Å². The summed E-state index contributed by atoms with van der Waals surface area (Å²) in [5.74, 6) is 1.57. The summed E-state index contributed by atoms with van der Waals surface area (Å²) in [4.78, 5) is 21.7. The molecule has 148 valence electrons. The van der Waals surface area contributed by atoms with Gasteiger partial charge in [-0.05, 0) is 48.8 Å². The molecule has 1 aromatic carbocycles. The summed E-state index contributed by atoms with van der Waals surface area (Å²) in [6, 6.07) is 13.3. The van der Waals surface area contributed by atoms with Crippen molar-refractivity contribution >= 4 is 28.7 Å². The van der Waals surface area contributed by atoms with Gasteiger partial charge >= 0.3 is 0 Å². The summed E-state index contributed by atoms with van der Waals surface area (Å²) < 4.78 is 2.05. The average molecular weight is 407 g/mol. The average Bonchev–Trinajstić information content (AvgIpc) is 3.37. The molecule has 0 radical (unpaired) electrons. The second-order valence-electron chi connectivity index (χ2n) is 6.73. The van der Waals surface area contributed by atoms with Gasteiger partial charge < -0.3 is 9.88 Å². The van der Waals surface area contributed by atoms with Gasteiger partial charge in [0.1, 0.15) is 11.5 Å². The number of aromatic amines is 1. The Balaban J connectivity index is 1.59. The number of fused-ring (bicyclic) bond motifs is 1. The summed E-state index contributed by atoms with van der Waals surface area (Å²) >= 11 is 1.75. The highest BCUT2D eigenvalue weighted by molar-refractivity contribution is 7.98. The quantitative estimate of drug-likeness (QED) is 0.490. The minimum absolute atomic E-state index is 0.194. The largest absolute Gasteiger partial charge is 0.341 e. The van der Waals surface area contributed by atoms with Crippen molar-refractivity contribution in [1.29, 1.82) is 0 Å². The predicted octanol–water partition coefficient (Wildman–Crippen LogP) is 3.58. The molecule has 1 atom stereocenters. The van der Waals surface area contributed by atoms with Gasteiger partial charge in [0.15, 0.2) is 0 Å². The summed E-state index contributed by atoms with van der Waals surface area (Å²) in [6.07, 6.45) is 6.25. The van der Waals surface area contributed by atoms with Gasteiger partial charge in [-0.25, -0.2) is 4.98 Å². The molecule has 1 amide bonds. The highest BCUT2D eigenvalue weighted by Gasteiger charge is 2.22. The molecule has 29 heavy (non-hydrogen) atoms. The van der Waals surface area contributed by atoms with Gasteiger partial charge in [0, 0.05) is 25.0 Å². The fourth-order valence-corrected chi connectivity index (χ4v) is 3.79. The van der Waals surface area contributed by atoms with Crippen LogP contribution < -0.4 is 5.32 Å². The number of para-hydroxylation sites is 2. The fourth-order valence-electron chi connectivity index (χ4n) is 3.32. The second-order valence-corrected chi connectivity index (χ2v) is 7.71. The molecule has 7 nitrogen and oxygen atoms in total. The third-order valence-corrected chi connectivity index (χ3v) is 5.49. The van der Waals surface area contributed by atoms with Gasteiger partial charge in [-0.3, -0.25) is 14.9 Å². The number of amides is 1. The molecule has 0 aliphatic heterocycles. The number of carbonyl (C=O) groups is 1. The summed E-state index contributed by atoms with van der Waals surface area (Å²) in [5.41, 5.74) is 4.01. The number of nitrogens with one attached hydrogen (secondary N) is 2. The lowest BCUT2D eigenvalue weighted by Gasteiger charge is -2.18. The van der Waals surface area contributed by atoms with Crippen LogP contribution in [0.5, 0.6) is 0 Å². The Bertz CT molecular complexity index is 1120. The van der Waals surface area contributed by atoms with Crippen LogP contribution in [-0.4, -0.2) is 42.6 Å². The summed E-state index contributed by atoms with van der Waals surface area (Å²) in [6.45, 7) is 0. The van der Waals surface area contributed by atoms with Crippen molar-refractivity contribution in [3.05, 3.63) is 66.4 Å². The Morgan fingerprint density at radius 3 is 2.79 bits per heavy atom. The number of hydrogen-bond acceptors (Lipinski definition) is 5. The van der Waals surface area contributed by atoms with Crippen LogP contribution in [0.2, 0.25) is 0 Å². The number of H-pyrrole nitrogens is 1. The van der Waals surface area contributed by atoms with Crippen LogP contribution in [0.1, 0.15) is 28.8 Å². The van der Waals surface area contributed by atoms with E-state index in [0.29, 0.717) is 11.4 Å². The first-order valence-corrected chi connectivity index (χ1v) is 10.7. The van der Waals surface area contributed by atoms with Gasteiger partial charge in [0.05, 0.1) is 22.8 Å². The third-order valence-electron chi connectivity index (χ3n) is 4.85. The molecule has 0 bridgehead atoms. The van der Waals surface area contributed by atoms with Crippen LogP contribution in [0.4, 0.5) is 0 Å². The third kappa shape index (κ3) is 4.02. The molecule has 8 heteroatoms. The molecule has 4 aromatic rings. The zero-order valence-corrected chi connectivity index (χ0v) is 17.1. The monoisotopic (exact) mass is 406 g/mol. The first-order valence-electron chi connectivity index (χ1n) is 9.34. The maximum atomic E-state index is 12.9. The summed E-state index contributed by atoms with van der Waals surface area (Å²) in [7, 11) is 1.99. The lowest BCUT2D eigenvalue weighted by molar-refractivity contribution is 0.0928. The van der Waals surface area contributed by atoms with Crippen molar-refractivity contribution in [2.45, 2.75) is 12.5 Å². The van der Waals surface area contributed by atoms with Crippen LogP contribution in [0.15, 0.2) is 54.9 Å². The summed E-state index contributed by atoms with van der Waals surface area (Å²) in [5, 5.41) is 10.2. The van der Waals surface area contributed by atoms with E-state index in [9.17, 15) is 4.79 Å². The second kappa shape index (κ2) is 8.48. The molecule has 0 aliphatic carbocycles. The minimum Gasteiger partial charge on any atom is -0.341 e. The van der Waals surface area contributed by atoms with E-state index in [1.165, 1.54) is 0 Å². The van der Waals surface area contributed by atoms with Crippen LogP contribution in [0, 0.1) is 0 Å². The standard InChI is InChI=1S/C21H22N6OS/c1-27-19-6-4-3-5-15(19)23-20(27)16(9-12-29-2)24-21(28)18-13-17(25-26-18)14-7-10-22-11-8-14/h3-8,10-11,13,16H,9,12H2,1-2H3,(H,24,28)(H,25,26)/t16-/m1/s1. The van der Waals surface area contributed by atoms with Crippen molar-refractivity contribution in [3.63, 3.8) is 0 Å². The number of imidazole rings is 1. The Hall–Kier alpha value is -3.13.